The van der Waals surface area contributed by atoms with Crippen LogP contribution in [-0.4, -0.2) is 76.1 Å². The molecule has 0 spiro atoms. The fourth-order valence-electron chi connectivity index (χ4n) is 7.77. The van der Waals surface area contributed by atoms with E-state index in [0.29, 0.717) is 60.5 Å². The molecule has 0 N–H and O–H groups in total. The minimum atomic E-state index is -1.12. The Morgan fingerprint density at radius 3 is 1.31 bits per heavy atom. The summed E-state index contributed by atoms with van der Waals surface area (Å²) in [5.41, 5.74) is 4.38. The van der Waals surface area contributed by atoms with Crippen LogP contribution in [0.5, 0.6) is 11.5 Å². The molecule has 10 rings (SSSR count). The van der Waals surface area contributed by atoms with Crippen LogP contribution in [0.4, 0.5) is 26.3 Å². The van der Waals surface area contributed by atoms with Crippen LogP contribution >= 0.6 is 0 Å². The Labute approximate surface area is 384 Å². The van der Waals surface area contributed by atoms with Crippen LogP contribution < -0.4 is 9.47 Å². The van der Waals surface area contributed by atoms with Crippen LogP contribution in [0.15, 0.2) is 85.7 Å². The van der Waals surface area contributed by atoms with Crippen molar-refractivity contribution in [1.82, 2.24) is 48.6 Å². The van der Waals surface area contributed by atoms with Gasteiger partial charge in [0.05, 0.1) is 87.1 Å². The van der Waals surface area contributed by atoms with E-state index in [1.807, 2.05) is 83.9 Å². The van der Waals surface area contributed by atoms with Gasteiger partial charge < -0.3 is 28.1 Å². The van der Waals surface area contributed by atoms with Crippen molar-refractivity contribution in [3.63, 3.8) is 0 Å². The Balaban J connectivity index is 0.000000170. The molecule has 14 nitrogen and oxygen atoms in total. The van der Waals surface area contributed by atoms with Crippen LogP contribution in [0.3, 0.4) is 0 Å². The summed E-state index contributed by atoms with van der Waals surface area (Å²) in [6.45, 7) is 4.95. The molecular weight excluding hydrogens is 895 g/mol. The molecule has 0 saturated heterocycles. The molecule has 2 atom stereocenters. The molecule has 348 valence electrons. The predicted molar refractivity (Wildman–Crippen MR) is 236 cm³/mol. The van der Waals surface area contributed by atoms with Gasteiger partial charge in [-0.25, -0.2) is 55.6 Å². The molecule has 0 radical (unpaired) electrons. The first-order valence-corrected chi connectivity index (χ1v) is 21.0. The van der Waals surface area contributed by atoms with Gasteiger partial charge in [0.2, 0.25) is 0 Å². The Hall–Kier alpha value is -7.84. The summed E-state index contributed by atoms with van der Waals surface area (Å²) in [6.07, 6.45) is 12.0. The second-order valence-electron chi connectivity index (χ2n) is 15.5. The molecule has 0 bridgehead atoms. The SMILES string of the molecule is COc1cc(/C=C/c2nc3n(n2)CCO[C@@H]3c2c(F)cc(F)cc2F)ccc1-n1cnc(C)c1.COc1cc(/C=C/c2nc3n(n2)CCO[C@H]3c2c(F)cc(F)cc2F)ccc1-n1cnc(C)c1. The summed E-state index contributed by atoms with van der Waals surface area (Å²) < 4.78 is 113. The lowest BCUT2D eigenvalue weighted by Gasteiger charge is -2.23. The highest BCUT2D eigenvalue weighted by molar-refractivity contribution is 5.70. The minimum absolute atomic E-state index is 0.187. The Kier molecular flexibility index (Phi) is 12.8. The van der Waals surface area contributed by atoms with Crippen LogP contribution in [0, 0.1) is 48.8 Å². The summed E-state index contributed by atoms with van der Waals surface area (Å²) in [7, 11) is 3.18. The summed E-state index contributed by atoms with van der Waals surface area (Å²) >= 11 is 0. The molecule has 2 aliphatic heterocycles. The van der Waals surface area contributed by atoms with Crippen molar-refractivity contribution in [2.24, 2.45) is 0 Å². The number of aromatic nitrogens is 10. The number of nitrogens with zero attached hydrogens (tertiary/aromatic N) is 10. The van der Waals surface area contributed by atoms with E-state index in [9.17, 15) is 26.3 Å². The molecule has 0 fully saturated rings. The molecule has 6 heterocycles. The maximum absolute atomic E-state index is 14.3. The minimum Gasteiger partial charge on any atom is -0.495 e. The number of aryl methyl sites for hydroxylation is 2. The summed E-state index contributed by atoms with van der Waals surface area (Å²) in [4.78, 5) is 17.3. The van der Waals surface area contributed by atoms with Crippen molar-refractivity contribution >= 4 is 24.3 Å². The van der Waals surface area contributed by atoms with E-state index in [-0.39, 0.29) is 36.0 Å². The number of hydrogen-bond acceptors (Lipinski definition) is 10. The van der Waals surface area contributed by atoms with Gasteiger partial charge in [0.25, 0.3) is 0 Å². The fraction of sp³-hybridized carbons (Fsp3) is 0.208. The van der Waals surface area contributed by atoms with Gasteiger partial charge in [-0.1, -0.05) is 24.3 Å². The second-order valence-corrected chi connectivity index (χ2v) is 15.5. The average Bonchev–Trinajstić information content (AvgIpc) is 4.14. The van der Waals surface area contributed by atoms with Crippen molar-refractivity contribution < 1.29 is 45.3 Å². The highest BCUT2D eigenvalue weighted by Crippen LogP contribution is 2.35. The number of imidazole rings is 2. The highest BCUT2D eigenvalue weighted by Gasteiger charge is 2.33. The zero-order valence-electron chi connectivity index (χ0n) is 36.7. The first-order chi connectivity index (χ1) is 32.8. The molecule has 0 amide bonds. The van der Waals surface area contributed by atoms with Gasteiger partial charge in [0.15, 0.2) is 23.3 Å². The molecule has 0 unspecified atom stereocenters. The van der Waals surface area contributed by atoms with Gasteiger partial charge in [-0.2, -0.15) is 10.2 Å². The third kappa shape index (κ3) is 9.40. The summed E-state index contributed by atoms with van der Waals surface area (Å²) in [6, 6.07) is 13.9. The fourth-order valence-corrected chi connectivity index (χ4v) is 7.77. The molecule has 4 aromatic heterocycles. The maximum Gasteiger partial charge on any atom is 0.174 e. The molecule has 4 aromatic carbocycles. The highest BCUT2D eigenvalue weighted by atomic mass is 19.2. The number of fused-ring (bicyclic) bond motifs is 2. The quantitative estimate of drug-likeness (QED) is 0.122. The number of benzene rings is 4. The molecule has 2 aliphatic rings. The predicted octanol–water partition coefficient (Wildman–Crippen LogP) is 8.98. The van der Waals surface area contributed by atoms with E-state index in [1.54, 1.807) is 48.4 Å². The third-order valence-corrected chi connectivity index (χ3v) is 10.9. The van der Waals surface area contributed by atoms with Gasteiger partial charge in [-0.05, 0) is 61.4 Å². The number of methoxy groups -OCH3 is 2. The van der Waals surface area contributed by atoms with Gasteiger partial charge >= 0.3 is 0 Å². The molecule has 8 aromatic rings. The van der Waals surface area contributed by atoms with Crippen molar-refractivity contribution in [2.45, 2.75) is 39.1 Å². The Bertz CT molecular complexity index is 2960. The van der Waals surface area contributed by atoms with E-state index >= 15 is 0 Å². The molecule has 20 heteroatoms. The van der Waals surface area contributed by atoms with Crippen LogP contribution in [-0.2, 0) is 22.6 Å². The lowest BCUT2D eigenvalue weighted by molar-refractivity contribution is 0.0345. The third-order valence-electron chi connectivity index (χ3n) is 10.9. The van der Waals surface area contributed by atoms with Gasteiger partial charge in [-0.15, -0.1) is 0 Å². The van der Waals surface area contributed by atoms with Crippen molar-refractivity contribution in [3.8, 4) is 22.9 Å². The van der Waals surface area contributed by atoms with E-state index in [2.05, 4.69) is 30.1 Å². The van der Waals surface area contributed by atoms with Crippen LogP contribution in [0.1, 0.15) is 69.1 Å². The number of halogens is 6. The first-order valence-electron chi connectivity index (χ1n) is 21.0. The lowest BCUT2D eigenvalue weighted by atomic mass is 10.1. The zero-order valence-corrected chi connectivity index (χ0v) is 36.7. The molecule has 0 saturated carbocycles. The number of hydrogen-bond donors (Lipinski definition) is 0. The van der Waals surface area contributed by atoms with E-state index in [4.69, 9.17) is 18.9 Å². The van der Waals surface area contributed by atoms with Crippen molar-refractivity contribution in [2.75, 3.05) is 27.4 Å². The number of rotatable bonds is 10. The first kappa shape index (κ1) is 45.3. The molecule has 0 aliphatic carbocycles. The van der Waals surface area contributed by atoms with Crippen molar-refractivity contribution in [1.29, 1.82) is 0 Å². The van der Waals surface area contributed by atoms with Gasteiger partial charge in [-0.3, -0.25) is 0 Å². The maximum atomic E-state index is 14.3. The zero-order chi connectivity index (χ0) is 47.6. The summed E-state index contributed by atoms with van der Waals surface area (Å²) in [5.74, 6) is -3.60. The van der Waals surface area contributed by atoms with Gasteiger partial charge in [0, 0.05) is 36.7 Å². The topological polar surface area (TPSA) is 134 Å². The van der Waals surface area contributed by atoms with Gasteiger partial charge in [0.1, 0.15) is 58.6 Å². The monoisotopic (exact) mass is 934 g/mol. The van der Waals surface area contributed by atoms with Crippen LogP contribution in [0.25, 0.3) is 35.7 Å². The van der Waals surface area contributed by atoms with Crippen LogP contribution in [0.2, 0.25) is 0 Å². The molecule has 68 heavy (non-hydrogen) atoms. The Morgan fingerprint density at radius 1 is 0.559 bits per heavy atom. The standard InChI is InChI=1S/2C24H20F3N5O2/c2*1-14-12-31(13-28-14)19-5-3-15(9-20(19)33-2)4-6-21-29-24-23(34-8-7-32(24)30-21)22-17(26)10-16(25)11-18(22)27/h2*3-6,9-13,23H,7-8H2,1-2H3/b2*6-4+/t2*23-/m10/s1. The van der Waals surface area contributed by atoms with Crippen molar-refractivity contribution in [3.05, 3.63) is 178 Å². The largest absolute Gasteiger partial charge is 0.495 e. The smallest absolute Gasteiger partial charge is 0.174 e. The average molecular weight is 935 g/mol. The second kappa shape index (κ2) is 19.2. The lowest BCUT2D eigenvalue weighted by Crippen LogP contribution is -2.25. The van der Waals surface area contributed by atoms with E-state index in [0.717, 1.165) is 33.9 Å². The summed E-state index contributed by atoms with van der Waals surface area (Å²) in [5, 5.41) is 8.81. The normalized spacial score (nSPS) is 15.6. The van der Waals surface area contributed by atoms with E-state index < -0.39 is 47.1 Å². The van der Waals surface area contributed by atoms with E-state index in [1.165, 1.54) is 0 Å². The Morgan fingerprint density at radius 2 is 0.956 bits per heavy atom. The number of ether oxygens (including phenoxy) is 4. The molecular formula is C48H40F6N10O4.